The van der Waals surface area contributed by atoms with Gasteiger partial charge in [-0.1, -0.05) is 0 Å². The molecular weight excluding hydrogens is 1110 g/mol. The Kier molecular flexibility index (Phi) is 15.3. The van der Waals surface area contributed by atoms with E-state index < -0.39 is 142 Å². The van der Waals surface area contributed by atoms with Crippen LogP contribution in [-0.4, -0.2) is 176 Å². The van der Waals surface area contributed by atoms with E-state index in [2.05, 4.69) is 48.5 Å². The number of anilines is 3. The van der Waals surface area contributed by atoms with Gasteiger partial charge in [-0.25, -0.2) is 42.8 Å². The topological polar surface area (TPSA) is 562 Å². The molecule has 6 aromatic heterocycles. The van der Waals surface area contributed by atoms with E-state index in [-0.39, 0.29) is 51.2 Å². The molecule has 16 atom stereocenters. The van der Waals surface area contributed by atoms with Crippen molar-refractivity contribution in [2.24, 2.45) is 13.0 Å². The van der Waals surface area contributed by atoms with Gasteiger partial charge in [0.25, 0.3) is 16.7 Å². The van der Waals surface area contributed by atoms with Crippen molar-refractivity contribution < 1.29 is 108 Å². The van der Waals surface area contributed by atoms with Crippen molar-refractivity contribution in [1.82, 2.24) is 53.6 Å². The molecule has 76 heavy (non-hydrogen) atoms. The van der Waals surface area contributed by atoms with Crippen LogP contribution in [0.3, 0.4) is 0 Å². The monoisotopic (exact) mass is 1160 g/mol. The Hall–Kier alpha value is -5.15. The molecule has 43 heteroatoms. The van der Waals surface area contributed by atoms with Gasteiger partial charge in [-0.15, -0.1) is 0 Å². The van der Waals surface area contributed by atoms with Crippen molar-refractivity contribution in [3.8, 4) is 0 Å². The third-order valence-electron chi connectivity index (χ3n) is 12.0. The molecule has 9 rings (SSSR count). The predicted octanol–water partition coefficient (Wildman–Crippen LogP) is -4.46. The molecule has 3 fully saturated rings. The van der Waals surface area contributed by atoms with Crippen LogP contribution in [0, 0.1) is 5.92 Å². The number of aliphatic hydroxyl groups is 4. The minimum atomic E-state index is -6.20. The number of aliphatic hydroxyl groups excluding tert-OH is 4. The summed E-state index contributed by atoms with van der Waals surface area (Å²) in [6.45, 7) is -4.11. The van der Waals surface area contributed by atoms with Crippen LogP contribution in [0.2, 0.25) is 0 Å². The fourth-order valence-electron chi connectivity index (χ4n) is 8.60. The SMILES string of the molecule is CO[C@@H]1[C@H](OP(=O)(O)OC[C@H]2O[C@@H](n3cnc4c(=O)[nH]c(N)nc43)[C@H](O)[C@@H]2O)[C@@H](COP(=O)(O)OP(=O)(O)OP(=O)(O)OC[C@H]2O[C@@H](n3c[n+](C)c4c(=O)[nH]c(N)nc43)[C@H](O)[C@@H]2CO)O[C@H]1n1cnc2c(N)ncnc21. The van der Waals surface area contributed by atoms with Crippen LogP contribution < -0.4 is 32.9 Å². The quantitative estimate of drug-likeness (QED) is 0.0253. The molecule has 9 heterocycles. The molecule has 3 aliphatic heterocycles. The third-order valence-corrected chi connectivity index (χ3v) is 17.2. The largest absolute Gasteiger partial charge is 0.490 e. The minimum absolute atomic E-state index is 0.0000138. The lowest BCUT2D eigenvalue weighted by Crippen LogP contribution is -2.38. The molecule has 0 aromatic carbocycles. The van der Waals surface area contributed by atoms with E-state index in [1.807, 2.05) is 0 Å². The molecule has 6 aromatic rings. The number of fused-ring (bicyclic) bond motifs is 3. The molecule has 0 aliphatic carbocycles. The number of nitrogen functional groups attached to an aromatic ring is 3. The number of aromatic nitrogens is 12. The van der Waals surface area contributed by atoms with Crippen molar-refractivity contribution in [2.75, 3.05) is 50.7 Å². The standard InChI is InChI=1S/C33H45N15O24P4/c1-45-10-48(26-17(45)28(54)44-33(36)42-26)29-18(50)11(3-49)12(67-29)4-65-74(57,58)71-76(61,62)72-75(59,60)66-6-14-21(22(63-2)31(69-14)46-8-39-15-23(34)37-7-38-24(15)46)70-73(55,56)64-5-13-19(51)20(52)30(68-13)47-9-40-16-25(47)41-32(35)43-27(16)53/h7-14,18-22,29-31,49-52H,3-6H2,1-2H3,(H11-,34,35,36,37,38,41,42,43,44,53,54,55,56,57,58,59,60,61,62)/p+1/t11-,12-,13-,14-,18-,19-,20-,21-,22-,29-,30-,31-/m1/s1. The highest BCUT2D eigenvalue weighted by Crippen LogP contribution is 2.68. The first-order valence-electron chi connectivity index (χ1n) is 21.6. The average molecular weight is 1160 g/mol. The number of hydrogen-bond donors (Lipinski definition) is 13. The van der Waals surface area contributed by atoms with Crippen LogP contribution in [-0.2, 0) is 71.0 Å². The number of methoxy groups -OCH3 is 1. The summed E-state index contributed by atoms with van der Waals surface area (Å²) in [6.07, 6.45) is -13.3. The molecule has 0 radical (unpaired) electrons. The second-order valence-electron chi connectivity index (χ2n) is 16.8. The van der Waals surface area contributed by atoms with Crippen LogP contribution in [0.1, 0.15) is 18.7 Å². The van der Waals surface area contributed by atoms with Gasteiger partial charge < -0.3 is 76.1 Å². The number of nitrogens with one attached hydrogen (secondary N) is 2. The Bertz CT molecular complexity index is 3490. The van der Waals surface area contributed by atoms with Gasteiger partial charge in [0, 0.05) is 13.0 Å². The van der Waals surface area contributed by atoms with Gasteiger partial charge in [0.05, 0.1) is 52.2 Å². The lowest BCUT2D eigenvalue weighted by atomic mass is 9.99. The summed E-state index contributed by atoms with van der Waals surface area (Å²) in [5, 5.41) is 42.9. The van der Waals surface area contributed by atoms with Gasteiger partial charge in [0.2, 0.25) is 24.5 Å². The van der Waals surface area contributed by atoms with Gasteiger partial charge in [-0.05, 0) is 0 Å². The number of hydrogen-bond acceptors (Lipinski definition) is 29. The zero-order valence-electron chi connectivity index (χ0n) is 38.7. The second kappa shape index (κ2) is 20.9. The number of aromatic amines is 2. The van der Waals surface area contributed by atoms with Crippen LogP contribution in [0.5, 0.6) is 0 Å². The van der Waals surface area contributed by atoms with E-state index in [1.165, 1.54) is 27.1 Å². The number of aryl methyl sites for hydroxylation is 1. The number of phosphoric ester groups is 3. The van der Waals surface area contributed by atoms with E-state index in [9.17, 15) is 67.8 Å². The maximum atomic E-state index is 13.7. The van der Waals surface area contributed by atoms with Crippen molar-refractivity contribution in [1.29, 1.82) is 0 Å². The molecule has 4 unspecified atom stereocenters. The highest BCUT2D eigenvalue weighted by atomic mass is 31.3. The van der Waals surface area contributed by atoms with Crippen LogP contribution in [0.25, 0.3) is 33.5 Å². The maximum absolute atomic E-state index is 13.7. The lowest BCUT2D eigenvalue weighted by molar-refractivity contribution is -0.646. The van der Waals surface area contributed by atoms with Gasteiger partial charge in [0.1, 0.15) is 54.6 Å². The van der Waals surface area contributed by atoms with Gasteiger partial charge in [-0.2, -0.15) is 23.2 Å². The van der Waals surface area contributed by atoms with Crippen LogP contribution in [0.4, 0.5) is 17.7 Å². The van der Waals surface area contributed by atoms with Crippen molar-refractivity contribution >= 4 is 82.5 Å². The van der Waals surface area contributed by atoms with E-state index in [4.69, 9.17) is 54.2 Å². The zero-order chi connectivity index (χ0) is 55.0. The Morgan fingerprint density at radius 1 is 0.658 bits per heavy atom. The Morgan fingerprint density at radius 2 is 1.21 bits per heavy atom. The van der Waals surface area contributed by atoms with Crippen molar-refractivity contribution in [2.45, 2.75) is 67.5 Å². The van der Waals surface area contributed by atoms with Gasteiger partial charge in [-0.3, -0.25) is 46.8 Å². The molecule has 3 saturated heterocycles. The first kappa shape index (κ1) is 55.6. The fourth-order valence-corrected chi connectivity index (χ4v) is 13.1. The fraction of sp³-hybridized carbons (Fsp3) is 0.545. The highest BCUT2D eigenvalue weighted by molar-refractivity contribution is 7.66. The summed E-state index contributed by atoms with van der Waals surface area (Å²) in [4.78, 5) is 96.0. The molecule has 3 aliphatic rings. The highest BCUT2D eigenvalue weighted by Gasteiger charge is 2.54. The molecule has 39 nitrogen and oxygen atoms in total. The molecule has 16 N–H and O–H groups in total. The predicted molar refractivity (Wildman–Crippen MR) is 244 cm³/mol. The van der Waals surface area contributed by atoms with E-state index in [1.54, 1.807) is 0 Å². The molecule has 0 saturated carbocycles. The van der Waals surface area contributed by atoms with Gasteiger partial charge in [0.15, 0.2) is 35.1 Å². The van der Waals surface area contributed by atoms with E-state index in [0.717, 1.165) is 30.7 Å². The molecule has 0 spiro atoms. The number of nitrogens with zero attached hydrogens (tertiary/aromatic N) is 10. The summed E-state index contributed by atoms with van der Waals surface area (Å²) in [7, 11) is -20.9. The average Bonchev–Trinajstić information content (AvgIpc) is 4.18. The molecular formula is C33H46N15O24P4+. The summed E-state index contributed by atoms with van der Waals surface area (Å²) < 4.78 is 110. The first-order valence-corrected chi connectivity index (χ1v) is 27.6. The Balaban J connectivity index is 0.866. The maximum Gasteiger partial charge on any atom is 0.490 e. The van der Waals surface area contributed by atoms with E-state index in [0.29, 0.717) is 0 Å². The first-order chi connectivity index (χ1) is 35.7. The number of imidazole rings is 3. The lowest BCUT2D eigenvalue weighted by Gasteiger charge is -2.26. The zero-order valence-corrected chi connectivity index (χ0v) is 42.2. The van der Waals surface area contributed by atoms with Gasteiger partial charge >= 0.3 is 36.9 Å². The summed E-state index contributed by atoms with van der Waals surface area (Å²) in [6, 6.07) is 0. The third kappa shape index (κ3) is 11.0. The summed E-state index contributed by atoms with van der Waals surface area (Å²) in [5.74, 6) is -1.97. The molecule has 416 valence electrons. The number of H-pyrrole nitrogens is 2. The summed E-state index contributed by atoms with van der Waals surface area (Å²) >= 11 is 0. The molecule has 0 bridgehead atoms. The van der Waals surface area contributed by atoms with Crippen LogP contribution >= 0.6 is 31.3 Å². The van der Waals surface area contributed by atoms with Crippen LogP contribution in [0.15, 0.2) is 34.9 Å². The minimum Gasteiger partial charge on any atom is -0.396 e. The number of rotatable bonds is 20. The second-order valence-corrected chi connectivity index (χ2v) is 22.9. The normalized spacial score (nSPS) is 30.2. The smallest absolute Gasteiger partial charge is 0.396 e. The number of ether oxygens (including phenoxy) is 4. The number of nitrogens with two attached hydrogens (primary N) is 3. The number of phosphoric acid groups is 4. The van der Waals surface area contributed by atoms with Crippen molar-refractivity contribution in [3.63, 3.8) is 0 Å². The Labute approximate surface area is 421 Å². The van der Waals surface area contributed by atoms with E-state index >= 15 is 0 Å². The Morgan fingerprint density at radius 3 is 1.87 bits per heavy atom. The molecule has 0 amide bonds. The summed E-state index contributed by atoms with van der Waals surface area (Å²) in [5.41, 5.74) is 15.5. The van der Waals surface area contributed by atoms with Crippen molar-refractivity contribution in [3.05, 3.63) is 46.0 Å².